The van der Waals surface area contributed by atoms with E-state index in [1.807, 2.05) is 18.2 Å². The van der Waals surface area contributed by atoms with Crippen LogP contribution in [-0.2, 0) is 0 Å². The highest BCUT2D eigenvalue weighted by atomic mass is 35.5. The van der Waals surface area contributed by atoms with Gasteiger partial charge < -0.3 is 4.42 Å². The molecule has 1 nitrogen and oxygen atoms in total. The van der Waals surface area contributed by atoms with Crippen LogP contribution < -0.4 is 0 Å². The van der Waals surface area contributed by atoms with Crippen LogP contribution in [0.25, 0.3) is 64.4 Å². The van der Waals surface area contributed by atoms with Gasteiger partial charge in [-0.3, -0.25) is 0 Å². The molecule has 0 aliphatic carbocycles. The molecular weight excluding hydrogens is 444 g/mol. The largest absolute Gasteiger partial charge is 0.455 e. The van der Waals surface area contributed by atoms with Crippen molar-refractivity contribution in [1.82, 2.24) is 0 Å². The molecule has 0 unspecified atom stereocenters. The molecule has 0 atom stereocenters. The molecule has 0 bridgehead atoms. The monoisotopic (exact) mass is 460 g/mol. The molecule has 7 aromatic rings. The van der Waals surface area contributed by atoms with Crippen molar-refractivity contribution in [1.29, 1.82) is 0 Å². The summed E-state index contributed by atoms with van der Waals surface area (Å²) in [5.74, 6) is 0. The SMILES string of the molecule is Clc1ccc2c(c1)sc1ccc(-c3cccc4c3oc3c(-c5ccccc5)cccc34)cc12. The van der Waals surface area contributed by atoms with Crippen molar-refractivity contribution >= 4 is 65.0 Å². The molecule has 2 aromatic heterocycles. The average Bonchev–Trinajstić information content (AvgIpc) is 3.41. The van der Waals surface area contributed by atoms with Gasteiger partial charge in [0.05, 0.1) is 0 Å². The van der Waals surface area contributed by atoms with E-state index < -0.39 is 0 Å². The van der Waals surface area contributed by atoms with Crippen LogP contribution in [0.5, 0.6) is 0 Å². The maximum absolute atomic E-state index is 6.61. The van der Waals surface area contributed by atoms with Crippen LogP contribution in [-0.4, -0.2) is 0 Å². The molecule has 7 rings (SSSR count). The molecule has 0 N–H and O–H groups in total. The average molecular weight is 461 g/mol. The quantitative estimate of drug-likeness (QED) is 0.250. The summed E-state index contributed by atoms with van der Waals surface area (Å²) in [6.45, 7) is 0. The van der Waals surface area contributed by atoms with Gasteiger partial charge in [-0.15, -0.1) is 11.3 Å². The molecule has 0 aliphatic rings. The van der Waals surface area contributed by atoms with Crippen LogP contribution in [0.1, 0.15) is 0 Å². The Morgan fingerprint density at radius 3 is 2.00 bits per heavy atom. The van der Waals surface area contributed by atoms with Crippen molar-refractivity contribution in [2.24, 2.45) is 0 Å². The topological polar surface area (TPSA) is 13.1 Å². The molecule has 33 heavy (non-hydrogen) atoms. The minimum atomic E-state index is 0.774. The first-order valence-electron chi connectivity index (χ1n) is 10.9. The fourth-order valence-electron chi connectivity index (χ4n) is 4.81. The van der Waals surface area contributed by atoms with Crippen molar-refractivity contribution in [3.63, 3.8) is 0 Å². The molecule has 0 saturated carbocycles. The number of fused-ring (bicyclic) bond motifs is 6. The molecule has 0 fully saturated rings. The Morgan fingerprint density at radius 1 is 0.515 bits per heavy atom. The zero-order valence-corrected chi connectivity index (χ0v) is 19.1. The fraction of sp³-hybridized carbons (Fsp3) is 0. The predicted octanol–water partition coefficient (Wildman–Crippen LogP) is 9.94. The zero-order chi connectivity index (χ0) is 21.9. The molecular formula is C30H17ClOS. The van der Waals surface area contributed by atoms with Crippen molar-refractivity contribution in [2.45, 2.75) is 0 Å². The Bertz CT molecular complexity index is 1830. The van der Waals surface area contributed by atoms with E-state index >= 15 is 0 Å². The smallest absolute Gasteiger partial charge is 0.143 e. The summed E-state index contributed by atoms with van der Waals surface area (Å²) in [5, 5.41) is 5.55. The zero-order valence-electron chi connectivity index (χ0n) is 17.5. The maximum Gasteiger partial charge on any atom is 0.143 e. The lowest BCUT2D eigenvalue weighted by Crippen LogP contribution is -1.79. The first-order valence-corrected chi connectivity index (χ1v) is 12.1. The van der Waals surface area contributed by atoms with Gasteiger partial charge in [0.2, 0.25) is 0 Å². The van der Waals surface area contributed by atoms with Gasteiger partial charge in [0.15, 0.2) is 0 Å². The number of furan rings is 1. The number of thiophene rings is 1. The van der Waals surface area contributed by atoms with E-state index in [9.17, 15) is 0 Å². The minimum absolute atomic E-state index is 0.774. The van der Waals surface area contributed by atoms with Crippen LogP contribution in [0.3, 0.4) is 0 Å². The van der Waals surface area contributed by atoms with Crippen molar-refractivity contribution in [2.75, 3.05) is 0 Å². The van der Waals surface area contributed by atoms with Crippen LogP contribution in [0.4, 0.5) is 0 Å². The van der Waals surface area contributed by atoms with Crippen LogP contribution in [0, 0.1) is 0 Å². The number of hydrogen-bond acceptors (Lipinski definition) is 2. The Morgan fingerprint density at radius 2 is 1.24 bits per heavy atom. The lowest BCUT2D eigenvalue weighted by Gasteiger charge is -2.04. The summed E-state index contributed by atoms with van der Waals surface area (Å²) in [6.07, 6.45) is 0. The van der Waals surface area contributed by atoms with Crippen molar-refractivity contribution in [3.05, 3.63) is 108 Å². The first kappa shape index (κ1) is 18.9. The predicted molar refractivity (Wildman–Crippen MR) is 142 cm³/mol. The third-order valence-electron chi connectivity index (χ3n) is 6.35. The fourth-order valence-corrected chi connectivity index (χ4v) is 6.17. The highest BCUT2D eigenvalue weighted by molar-refractivity contribution is 7.25. The summed E-state index contributed by atoms with van der Waals surface area (Å²) >= 11 is 8.01. The molecule has 3 heteroatoms. The highest BCUT2D eigenvalue weighted by Gasteiger charge is 2.16. The van der Waals surface area contributed by atoms with Gasteiger partial charge in [-0.2, -0.15) is 0 Å². The number of halogens is 1. The molecule has 0 saturated heterocycles. The molecule has 0 aliphatic heterocycles. The van der Waals surface area contributed by atoms with E-state index in [-0.39, 0.29) is 0 Å². The van der Waals surface area contributed by atoms with Gasteiger partial charge in [-0.25, -0.2) is 0 Å². The van der Waals surface area contributed by atoms with Gasteiger partial charge in [-0.1, -0.05) is 90.5 Å². The third kappa shape index (κ3) is 2.92. The van der Waals surface area contributed by atoms with E-state index in [0.717, 1.165) is 49.2 Å². The van der Waals surface area contributed by atoms with E-state index in [2.05, 4.69) is 84.9 Å². The van der Waals surface area contributed by atoms with Gasteiger partial charge in [0.1, 0.15) is 11.2 Å². The maximum atomic E-state index is 6.61. The summed E-state index contributed by atoms with van der Waals surface area (Å²) in [6, 6.07) is 36.1. The lowest BCUT2D eigenvalue weighted by atomic mass is 9.99. The van der Waals surface area contributed by atoms with Gasteiger partial charge in [-0.05, 0) is 35.4 Å². The number of hydrogen-bond donors (Lipinski definition) is 0. The van der Waals surface area contributed by atoms with Crippen LogP contribution in [0.15, 0.2) is 108 Å². The number of para-hydroxylation sites is 2. The normalized spacial score (nSPS) is 11.8. The van der Waals surface area contributed by atoms with Gasteiger partial charge in [0, 0.05) is 47.1 Å². The molecule has 156 valence electrons. The van der Waals surface area contributed by atoms with Crippen LogP contribution in [0.2, 0.25) is 5.02 Å². The Labute approximate surface area is 199 Å². The second kappa shape index (κ2) is 7.21. The van der Waals surface area contributed by atoms with E-state index in [1.54, 1.807) is 11.3 Å². The second-order valence-electron chi connectivity index (χ2n) is 8.29. The molecule has 2 heterocycles. The Balaban J connectivity index is 1.49. The van der Waals surface area contributed by atoms with E-state index in [0.29, 0.717) is 0 Å². The lowest BCUT2D eigenvalue weighted by molar-refractivity contribution is 0.671. The molecule has 5 aromatic carbocycles. The van der Waals surface area contributed by atoms with E-state index in [1.165, 1.54) is 20.2 Å². The summed E-state index contributed by atoms with van der Waals surface area (Å²) in [4.78, 5) is 0. The Kier molecular flexibility index (Phi) is 4.14. The highest BCUT2D eigenvalue weighted by Crippen LogP contribution is 2.42. The second-order valence-corrected chi connectivity index (χ2v) is 9.81. The van der Waals surface area contributed by atoms with Crippen LogP contribution >= 0.6 is 22.9 Å². The summed E-state index contributed by atoms with van der Waals surface area (Å²) < 4.78 is 9.08. The minimum Gasteiger partial charge on any atom is -0.455 e. The first-order chi connectivity index (χ1) is 16.3. The Hall–Kier alpha value is -3.59. The molecule has 0 amide bonds. The summed E-state index contributed by atoms with van der Waals surface area (Å²) in [7, 11) is 0. The summed E-state index contributed by atoms with van der Waals surface area (Å²) in [5.41, 5.74) is 6.40. The number of benzene rings is 5. The number of rotatable bonds is 2. The van der Waals surface area contributed by atoms with Gasteiger partial charge >= 0.3 is 0 Å². The van der Waals surface area contributed by atoms with E-state index in [4.69, 9.17) is 16.0 Å². The molecule has 0 spiro atoms. The van der Waals surface area contributed by atoms with Gasteiger partial charge in [0.25, 0.3) is 0 Å². The standard InChI is InChI=1S/C30H17ClOS/c31-20-13-14-23-26-16-19(12-15-27(26)33-28(23)17-20)22-9-5-11-25-24-10-4-8-21(29(24)32-30(22)25)18-6-2-1-3-7-18/h1-17H. The molecule has 0 radical (unpaired) electrons. The van der Waals surface area contributed by atoms with Crippen molar-refractivity contribution < 1.29 is 4.42 Å². The van der Waals surface area contributed by atoms with Crippen molar-refractivity contribution in [3.8, 4) is 22.3 Å². The third-order valence-corrected chi connectivity index (χ3v) is 7.72.